The van der Waals surface area contributed by atoms with Crippen molar-refractivity contribution in [3.05, 3.63) is 65.7 Å². The second-order valence-electron chi connectivity index (χ2n) is 7.16. The predicted molar refractivity (Wildman–Crippen MR) is 97.7 cm³/mol. The maximum absolute atomic E-state index is 6.02. The lowest BCUT2D eigenvalue weighted by atomic mass is 9.67. The smallest absolute Gasteiger partial charge is 0.0320 e. The molecule has 0 saturated heterocycles. The fraction of sp³-hybridized carbons (Fsp3) is 0.273. The van der Waals surface area contributed by atoms with Crippen LogP contribution >= 0.6 is 0 Å². The molecular formula is C22H21N. The van der Waals surface area contributed by atoms with E-state index in [9.17, 15) is 0 Å². The number of rotatable bonds is 0. The highest BCUT2D eigenvalue weighted by Gasteiger charge is 2.44. The molecule has 1 fully saturated rings. The van der Waals surface area contributed by atoms with E-state index >= 15 is 0 Å². The average Bonchev–Trinajstić information content (AvgIpc) is 2.86. The summed E-state index contributed by atoms with van der Waals surface area (Å²) >= 11 is 0. The van der Waals surface area contributed by atoms with E-state index in [2.05, 4.69) is 54.6 Å². The van der Waals surface area contributed by atoms with Gasteiger partial charge < -0.3 is 5.73 Å². The van der Waals surface area contributed by atoms with Gasteiger partial charge in [-0.1, -0.05) is 61.7 Å². The number of benzene rings is 3. The van der Waals surface area contributed by atoms with Crippen LogP contribution < -0.4 is 5.73 Å². The zero-order chi connectivity index (χ0) is 15.4. The molecule has 23 heavy (non-hydrogen) atoms. The van der Waals surface area contributed by atoms with Gasteiger partial charge in [-0.3, -0.25) is 0 Å². The third-order valence-electron chi connectivity index (χ3n) is 5.96. The van der Waals surface area contributed by atoms with Gasteiger partial charge in [-0.25, -0.2) is 0 Å². The summed E-state index contributed by atoms with van der Waals surface area (Å²) in [6.07, 6.45) is 6.59. The molecule has 1 nitrogen and oxygen atoms in total. The zero-order valence-electron chi connectivity index (χ0n) is 13.3. The van der Waals surface area contributed by atoms with Crippen LogP contribution in [0.25, 0.3) is 21.9 Å². The molecule has 114 valence electrons. The quantitative estimate of drug-likeness (QED) is 0.533. The summed E-state index contributed by atoms with van der Waals surface area (Å²) in [5.41, 5.74) is 13.1. The minimum absolute atomic E-state index is 0.222. The molecule has 0 aromatic heterocycles. The van der Waals surface area contributed by atoms with E-state index in [0.717, 1.165) is 5.69 Å². The molecule has 2 aliphatic rings. The van der Waals surface area contributed by atoms with Crippen LogP contribution in [0.15, 0.2) is 54.6 Å². The number of nitrogen functional groups attached to an aromatic ring is 1. The van der Waals surface area contributed by atoms with Gasteiger partial charge in [0, 0.05) is 11.1 Å². The van der Waals surface area contributed by atoms with Gasteiger partial charge in [-0.15, -0.1) is 0 Å². The molecule has 5 rings (SSSR count). The van der Waals surface area contributed by atoms with Crippen LogP contribution in [0.1, 0.15) is 43.2 Å². The van der Waals surface area contributed by atoms with Gasteiger partial charge >= 0.3 is 0 Å². The first-order valence-electron chi connectivity index (χ1n) is 8.72. The van der Waals surface area contributed by atoms with E-state index in [4.69, 9.17) is 5.73 Å². The van der Waals surface area contributed by atoms with Crippen molar-refractivity contribution in [1.82, 2.24) is 0 Å². The summed E-state index contributed by atoms with van der Waals surface area (Å²) in [5, 5.41) is 2.68. The van der Waals surface area contributed by atoms with Crippen LogP contribution in [0.2, 0.25) is 0 Å². The summed E-state index contributed by atoms with van der Waals surface area (Å²) in [5.74, 6) is 0. The van der Waals surface area contributed by atoms with E-state index in [1.165, 1.54) is 54.0 Å². The molecule has 1 spiro atoms. The first kappa shape index (κ1) is 13.2. The fourth-order valence-corrected chi connectivity index (χ4v) is 5.03. The van der Waals surface area contributed by atoms with Gasteiger partial charge in [0.15, 0.2) is 0 Å². The summed E-state index contributed by atoms with van der Waals surface area (Å²) in [7, 11) is 0. The second kappa shape index (κ2) is 4.61. The molecule has 3 aromatic carbocycles. The topological polar surface area (TPSA) is 26.0 Å². The minimum Gasteiger partial charge on any atom is -0.399 e. The third-order valence-corrected chi connectivity index (χ3v) is 5.96. The molecule has 1 saturated carbocycles. The fourth-order valence-electron chi connectivity index (χ4n) is 5.03. The highest BCUT2D eigenvalue weighted by molar-refractivity contribution is 5.98. The van der Waals surface area contributed by atoms with Crippen molar-refractivity contribution in [3.63, 3.8) is 0 Å². The summed E-state index contributed by atoms with van der Waals surface area (Å²) in [4.78, 5) is 0. The van der Waals surface area contributed by atoms with Crippen molar-refractivity contribution in [2.75, 3.05) is 5.73 Å². The number of nitrogens with two attached hydrogens (primary N) is 1. The highest BCUT2D eigenvalue weighted by atomic mass is 14.5. The Kier molecular flexibility index (Phi) is 2.64. The molecule has 2 N–H and O–H groups in total. The molecule has 0 aliphatic heterocycles. The number of hydrogen-bond donors (Lipinski definition) is 1. The molecule has 0 amide bonds. The van der Waals surface area contributed by atoms with Gasteiger partial charge in [0.25, 0.3) is 0 Å². The van der Waals surface area contributed by atoms with Crippen molar-refractivity contribution in [2.24, 2.45) is 0 Å². The van der Waals surface area contributed by atoms with Gasteiger partial charge in [0.2, 0.25) is 0 Å². The Balaban J connectivity index is 1.91. The Morgan fingerprint density at radius 1 is 0.783 bits per heavy atom. The van der Waals surface area contributed by atoms with Crippen molar-refractivity contribution in [2.45, 2.75) is 37.5 Å². The summed E-state index contributed by atoms with van der Waals surface area (Å²) in [6.45, 7) is 0. The maximum Gasteiger partial charge on any atom is 0.0320 e. The van der Waals surface area contributed by atoms with Gasteiger partial charge in [0.05, 0.1) is 0 Å². The Bertz CT molecular complexity index is 916. The van der Waals surface area contributed by atoms with Crippen molar-refractivity contribution in [3.8, 4) is 11.1 Å². The molecule has 3 aromatic rings. The SMILES string of the molecule is Nc1ccc2c3c(ccc2c1)-c1ccccc1C31CCCCC1. The largest absolute Gasteiger partial charge is 0.399 e. The van der Waals surface area contributed by atoms with Crippen LogP contribution in [0, 0.1) is 0 Å². The van der Waals surface area contributed by atoms with E-state index in [1.54, 1.807) is 11.1 Å². The Morgan fingerprint density at radius 3 is 2.48 bits per heavy atom. The first-order valence-corrected chi connectivity index (χ1v) is 8.72. The zero-order valence-corrected chi connectivity index (χ0v) is 13.3. The van der Waals surface area contributed by atoms with Gasteiger partial charge in [-0.2, -0.15) is 0 Å². The highest BCUT2D eigenvalue weighted by Crippen LogP contribution is 2.57. The van der Waals surface area contributed by atoms with E-state index in [0.29, 0.717) is 0 Å². The average molecular weight is 299 g/mol. The summed E-state index contributed by atoms with van der Waals surface area (Å²) < 4.78 is 0. The normalized spacial score (nSPS) is 18.1. The molecule has 0 bridgehead atoms. The Hall–Kier alpha value is -2.28. The minimum atomic E-state index is 0.222. The monoisotopic (exact) mass is 299 g/mol. The van der Waals surface area contributed by atoms with Crippen molar-refractivity contribution < 1.29 is 0 Å². The van der Waals surface area contributed by atoms with Crippen LogP contribution in [0.3, 0.4) is 0 Å². The maximum atomic E-state index is 6.02. The molecule has 0 heterocycles. The molecule has 1 heteroatoms. The van der Waals surface area contributed by atoms with Crippen molar-refractivity contribution >= 4 is 16.5 Å². The molecule has 2 aliphatic carbocycles. The van der Waals surface area contributed by atoms with Gasteiger partial charge in [-0.05, 0) is 58.0 Å². The van der Waals surface area contributed by atoms with E-state index < -0.39 is 0 Å². The first-order chi connectivity index (χ1) is 11.3. The van der Waals surface area contributed by atoms with Crippen LogP contribution in [0.4, 0.5) is 5.69 Å². The van der Waals surface area contributed by atoms with E-state index in [-0.39, 0.29) is 5.41 Å². The number of fused-ring (bicyclic) bond motifs is 7. The second-order valence-corrected chi connectivity index (χ2v) is 7.16. The van der Waals surface area contributed by atoms with Crippen LogP contribution in [-0.4, -0.2) is 0 Å². The third kappa shape index (κ3) is 1.68. The van der Waals surface area contributed by atoms with Gasteiger partial charge in [0.1, 0.15) is 0 Å². The Labute approximate surface area is 137 Å². The standard InChI is InChI=1S/C22H21N/c23-16-9-11-17-15(14-16)8-10-19-18-6-2-3-7-20(18)22(21(17)19)12-4-1-5-13-22/h2-3,6-11,14H,1,4-5,12-13,23H2. The lowest BCUT2D eigenvalue weighted by Gasteiger charge is -2.36. The van der Waals surface area contributed by atoms with Crippen molar-refractivity contribution in [1.29, 1.82) is 0 Å². The molecular weight excluding hydrogens is 278 g/mol. The Morgan fingerprint density at radius 2 is 1.61 bits per heavy atom. The molecule has 0 atom stereocenters. The van der Waals surface area contributed by atoms with Crippen LogP contribution in [-0.2, 0) is 5.41 Å². The summed E-state index contributed by atoms with van der Waals surface area (Å²) in [6, 6.07) is 20.0. The lowest BCUT2D eigenvalue weighted by Crippen LogP contribution is -2.28. The molecule has 0 unspecified atom stereocenters. The number of hydrogen-bond acceptors (Lipinski definition) is 1. The van der Waals surface area contributed by atoms with Crippen LogP contribution in [0.5, 0.6) is 0 Å². The number of anilines is 1. The lowest BCUT2D eigenvalue weighted by molar-refractivity contribution is 0.355. The predicted octanol–water partition coefficient (Wildman–Crippen LogP) is 5.65. The van der Waals surface area contributed by atoms with E-state index in [1.807, 2.05) is 0 Å². The molecule has 0 radical (unpaired) electrons.